The van der Waals surface area contributed by atoms with Gasteiger partial charge in [-0.25, -0.2) is 9.18 Å². The lowest BCUT2D eigenvalue weighted by Crippen LogP contribution is -2.46. The van der Waals surface area contributed by atoms with Crippen molar-refractivity contribution in [3.63, 3.8) is 0 Å². The monoisotopic (exact) mass is 530 g/mol. The molecule has 2 atom stereocenters. The van der Waals surface area contributed by atoms with Crippen molar-refractivity contribution in [2.45, 2.75) is 75.4 Å². The molecule has 1 saturated carbocycles. The predicted octanol–water partition coefficient (Wildman–Crippen LogP) is 6.79. The third-order valence-corrected chi connectivity index (χ3v) is 7.88. The van der Waals surface area contributed by atoms with Gasteiger partial charge in [-0.2, -0.15) is 13.2 Å². The first-order valence-corrected chi connectivity index (χ1v) is 12.8. The maximum Gasteiger partial charge on any atom is 0.417 e. The zero-order valence-corrected chi connectivity index (χ0v) is 20.4. The molecule has 2 aliphatic heterocycles. The van der Waals surface area contributed by atoms with Crippen molar-refractivity contribution in [2.24, 2.45) is 0 Å². The standard InChI is InChI=1S/C28H26F4N2O4/c29-23-11-16(27(35)36)7-10-24(23)34-17-8-9-18(34)13-19(12-17)37-14-21-25(33-38-26(21)15-5-6-15)20-3-1-2-4-22(20)28(30,31)32/h1-4,7,10-11,15,17-19H,5-6,8-9,12-14H2,(H,35,36). The third-order valence-electron chi connectivity index (χ3n) is 7.88. The topological polar surface area (TPSA) is 75.8 Å². The van der Waals surface area contributed by atoms with E-state index in [-0.39, 0.29) is 47.5 Å². The zero-order chi connectivity index (χ0) is 26.6. The molecule has 2 bridgehead atoms. The Balaban J connectivity index is 1.21. The first-order chi connectivity index (χ1) is 18.2. The molecule has 0 spiro atoms. The number of aromatic nitrogens is 1. The smallest absolute Gasteiger partial charge is 0.417 e. The average Bonchev–Trinajstić information content (AvgIpc) is 3.58. The van der Waals surface area contributed by atoms with Crippen LogP contribution in [0, 0.1) is 5.82 Å². The van der Waals surface area contributed by atoms with E-state index >= 15 is 0 Å². The summed E-state index contributed by atoms with van der Waals surface area (Å²) in [6.45, 7) is 0.0859. The maximum atomic E-state index is 14.8. The zero-order valence-electron chi connectivity index (χ0n) is 20.4. The Morgan fingerprint density at radius 1 is 1.08 bits per heavy atom. The van der Waals surface area contributed by atoms with Crippen LogP contribution in [-0.4, -0.2) is 34.4 Å². The molecule has 200 valence electrons. The molecule has 3 heterocycles. The Kier molecular flexibility index (Phi) is 6.17. The van der Waals surface area contributed by atoms with Crippen molar-refractivity contribution in [3.05, 3.63) is 70.7 Å². The van der Waals surface area contributed by atoms with Crippen molar-refractivity contribution in [3.8, 4) is 11.3 Å². The summed E-state index contributed by atoms with van der Waals surface area (Å²) < 4.78 is 67.9. The Bertz CT molecular complexity index is 1350. The number of ether oxygens (including phenoxy) is 1. The van der Waals surface area contributed by atoms with E-state index in [0.29, 0.717) is 29.9 Å². The number of benzene rings is 2. The molecule has 3 aromatic rings. The Morgan fingerprint density at radius 3 is 2.42 bits per heavy atom. The number of alkyl halides is 3. The lowest BCUT2D eigenvalue weighted by atomic mass is 9.97. The van der Waals surface area contributed by atoms with Crippen molar-refractivity contribution in [1.82, 2.24) is 5.16 Å². The van der Waals surface area contributed by atoms with E-state index in [4.69, 9.17) is 14.4 Å². The second kappa shape index (κ2) is 9.41. The van der Waals surface area contributed by atoms with Gasteiger partial charge in [0.25, 0.3) is 0 Å². The number of carbonyl (C=O) groups is 1. The molecule has 2 unspecified atom stereocenters. The number of halogens is 4. The molecular weight excluding hydrogens is 504 g/mol. The number of hydrogen-bond acceptors (Lipinski definition) is 5. The summed E-state index contributed by atoms with van der Waals surface area (Å²) in [7, 11) is 0. The van der Waals surface area contributed by atoms with Gasteiger partial charge in [-0.05, 0) is 62.8 Å². The highest BCUT2D eigenvalue weighted by molar-refractivity contribution is 5.88. The quantitative estimate of drug-likeness (QED) is 0.339. The average molecular weight is 531 g/mol. The summed E-state index contributed by atoms with van der Waals surface area (Å²) in [4.78, 5) is 13.2. The van der Waals surface area contributed by atoms with E-state index < -0.39 is 23.5 Å². The molecule has 6 rings (SSSR count). The van der Waals surface area contributed by atoms with E-state index in [1.807, 2.05) is 4.90 Å². The number of hydrogen-bond donors (Lipinski definition) is 1. The van der Waals surface area contributed by atoms with E-state index in [2.05, 4.69) is 5.16 Å². The summed E-state index contributed by atoms with van der Waals surface area (Å²) in [6.07, 6.45) is 0.0963. The van der Waals surface area contributed by atoms with Gasteiger partial charge in [0.05, 0.1) is 29.5 Å². The van der Waals surface area contributed by atoms with E-state index in [0.717, 1.165) is 37.8 Å². The molecule has 1 N–H and O–H groups in total. The number of aromatic carboxylic acids is 1. The maximum absolute atomic E-state index is 14.8. The van der Waals surface area contributed by atoms with Gasteiger partial charge in [-0.1, -0.05) is 23.4 Å². The highest BCUT2D eigenvalue weighted by Crippen LogP contribution is 2.47. The van der Waals surface area contributed by atoms with Gasteiger partial charge in [0.1, 0.15) is 17.3 Å². The molecule has 2 saturated heterocycles. The molecule has 0 radical (unpaired) electrons. The van der Waals surface area contributed by atoms with Crippen LogP contribution in [0.15, 0.2) is 47.0 Å². The number of carboxylic acids is 1. The molecule has 3 fully saturated rings. The second-order valence-electron chi connectivity index (χ2n) is 10.4. The molecule has 10 heteroatoms. The van der Waals surface area contributed by atoms with Gasteiger partial charge < -0.3 is 19.3 Å². The van der Waals surface area contributed by atoms with Gasteiger partial charge in [0.2, 0.25) is 0 Å². The minimum absolute atomic E-state index is 0.0237. The van der Waals surface area contributed by atoms with Gasteiger partial charge in [-0.3, -0.25) is 0 Å². The van der Waals surface area contributed by atoms with Crippen LogP contribution in [0.2, 0.25) is 0 Å². The highest BCUT2D eigenvalue weighted by Gasteiger charge is 2.43. The number of carboxylic acid groups (broad SMARTS) is 1. The fraction of sp³-hybridized carbons (Fsp3) is 0.429. The fourth-order valence-corrected chi connectivity index (χ4v) is 5.98. The van der Waals surface area contributed by atoms with Crippen LogP contribution in [0.25, 0.3) is 11.3 Å². The summed E-state index contributed by atoms with van der Waals surface area (Å²) >= 11 is 0. The van der Waals surface area contributed by atoms with Gasteiger partial charge in [0, 0.05) is 29.1 Å². The number of piperidine rings is 1. The highest BCUT2D eigenvalue weighted by atomic mass is 19.4. The fourth-order valence-electron chi connectivity index (χ4n) is 5.98. The van der Waals surface area contributed by atoms with Crippen LogP contribution in [0.3, 0.4) is 0 Å². The van der Waals surface area contributed by atoms with Crippen LogP contribution >= 0.6 is 0 Å². The third kappa shape index (κ3) is 4.55. The summed E-state index contributed by atoms with van der Waals surface area (Å²) in [5.74, 6) is -1.00. The van der Waals surface area contributed by atoms with E-state index in [1.54, 1.807) is 6.07 Å². The van der Waals surface area contributed by atoms with Crippen LogP contribution in [0.5, 0.6) is 0 Å². The number of rotatable bonds is 7. The van der Waals surface area contributed by atoms with Crippen molar-refractivity contribution < 1.29 is 36.7 Å². The van der Waals surface area contributed by atoms with Gasteiger partial charge in [0.15, 0.2) is 0 Å². The van der Waals surface area contributed by atoms with Gasteiger partial charge in [-0.15, -0.1) is 0 Å². The molecule has 0 amide bonds. The minimum Gasteiger partial charge on any atom is -0.478 e. The summed E-state index contributed by atoms with van der Waals surface area (Å²) in [6, 6.07) is 9.39. The van der Waals surface area contributed by atoms with Crippen LogP contribution < -0.4 is 4.90 Å². The number of fused-ring (bicyclic) bond motifs is 2. The Labute approximate surface area is 216 Å². The van der Waals surface area contributed by atoms with Crippen molar-refractivity contribution in [1.29, 1.82) is 0 Å². The SMILES string of the molecule is O=C(O)c1ccc(N2C3CCC2CC(OCc2c(-c4ccccc4C(F)(F)F)noc2C2CC2)C3)c(F)c1. The minimum atomic E-state index is -4.53. The number of nitrogens with zero attached hydrogens (tertiary/aromatic N) is 2. The lowest BCUT2D eigenvalue weighted by Gasteiger charge is -2.40. The van der Waals surface area contributed by atoms with Crippen molar-refractivity contribution >= 4 is 11.7 Å². The molecule has 3 aliphatic rings. The van der Waals surface area contributed by atoms with Crippen LogP contribution in [0.4, 0.5) is 23.2 Å². The molecule has 1 aliphatic carbocycles. The van der Waals surface area contributed by atoms with Crippen LogP contribution in [0.1, 0.15) is 71.7 Å². The molecule has 38 heavy (non-hydrogen) atoms. The molecule has 6 nitrogen and oxygen atoms in total. The van der Waals surface area contributed by atoms with Gasteiger partial charge >= 0.3 is 12.1 Å². The lowest BCUT2D eigenvalue weighted by molar-refractivity contribution is -0.137. The Hall–Kier alpha value is -3.40. The predicted molar refractivity (Wildman–Crippen MR) is 129 cm³/mol. The summed E-state index contributed by atoms with van der Waals surface area (Å²) in [5.41, 5.74) is 0.237. The summed E-state index contributed by atoms with van der Waals surface area (Å²) in [5, 5.41) is 13.2. The van der Waals surface area contributed by atoms with Crippen molar-refractivity contribution in [2.75, 3.05) is 4.90 Å². The Morgan fingerprint density at radius 2 is 1.79 bits per heavy atom. The second-order valence-corrected chi connectivity index (χ2v) is 10.4. The first-order valence-electron chi connectivity index (χ1n) is 12.8. The van der Waals surface area contributed by atoms with E-state index in [1.165, 1.54) is 24.3 Å². The number of anilines is 1. The van der Waals surface area contributed by atoms with Crippen LogP contribution in [-0.2, 0) is 17.5 Å². The largest absolute Gasteiger partial charge is 0.478 e. The molecule has 1 aromatic heterocycles. The molecule has 2 aromatic carbocycles. The first kappa shape index (κ1) is 24.9. The van der Waals surface area contributed by atoms with E-state index in [9.17, 15) is 22.4 Å². The molecular formula is C28H26F4N2O4. The normalized spacial score (nSPS) is 23.2.